The molecule has 1 aliphatic carbocycles. The van der Waals surface area contributed by atoms with Gasteiger partial charge < -0.3 is 10.1 Å². The third-order valence-electron chi connectivity index (χ3n) is 3.46. The molecular formula is C13H27NO. The molecule has 1 fully saturated rings. The fourth-order valence-corrected chi connectivity index (χ4v) is 2.64. The first kappa shape index (κ1) is 13.0. The molecular weight excluding hydrogens is 186 g/mol. The normalized spacial score (nSPS) is 27.6. The number of hydrogen-bond acceptors (Lipinski definition) is 2. The van der Waals surface area contributed by atoms with Gasteiger partial charge in [0, 0.05) is 19.3 Å². The van der Waals surface area contributed by atoms with E-state index >= 15 is 0 Å². The fraction of sp³-hybridized carbons (Fsp3) is 1.00. The first-order chi connectivity index (χ1) is 7.38. The number of ether oxygens (including phenoxy) is 1. The van der Waals surface area contributed by atoms with E-state index in [0.29, 0.717) is 0 Å². The van der Waals surface area contributed by atoms with Crippen LogP contribution in [-0.4, -0.2) is 25.8 Å². The molecule has 0 spiro atoms. The van der Waals surface area contributed by atoms with Crippen LogP contribution < -0.4 is 5.32 Å². The zero-order valence-electron chi connectivity index (χ0n) is 10.4. The van der Waals surface area contributed by atoms with Crippen LogP contribution in [0.4, 0.5) is 0 Å². The van der Waals surface area contributed by atoms with Crippen LogP contribution in [0.1, 0.15) is 52.4 Å². The minimum absolute atomic E-state index is 0.748. The Morgan fingerprint density at radius 1 is 1.13 bits per heavy atom. The Kier molecular flexibility index (Phi) is 7.03. The molecule has 0 saturated heterocycles. The van der Waals surface area contributed by atoms with Crippen molar-refractivity contribution < 1.29 is 4.74 Å². The Morgan fingerprint density at radius 3 is 2.67 bits per heavy atom. The van der Waals surface area contributed by atoms with Crippen LogP contribution in [0, 0.1) is 5.92 Å². The van der Waals surface area contributed by atoms with Gasteiger partial charge in [-0.05, 0) is 38.6 Å². The maximum atomic E-state index is 5.48. The molecule has 0 aromatic carbocycles. The van der Waals surface area contributed by atoms with Crippen molar-refractivity contribution in [3.63, 3.8) is 0 Å². The number of rotatable bonds is 6. The van der Waals surface area contributed by atoms with Gasteiger partial charge in [0.15, 0.2) is 0 Å². The van der Waals surface area contributed by atoms with Crippen LogP contribution in [0.25, 0.3) is 0 Å². The first-order valence-electron chi connectivity index (χ1n) is 6.69. The van der Waals surface area contributed by atoms with E-state index in [4.69, 9.17) is 4.74 Å². The summed E-state index contributed by atoms with van der Waals surface area (Å²) in [5.74, 6) is 0.846. The second-order valence-electron chi connectivity index (χ2n) is 4.55. The summed E-state index contributed by atoms with van der Waals surface area (Å²) in [5.41, 5.74) is 0. The molecule has 0 aromatic rings. The van der Waals surface area contributed by atoms with Crippen LogP contribution in [0.15, 0.2) is 0 Å². The second-order valence-corrected chi connectivity index (χ2v) is 4.55. The summed E-state index contributed by atoms with van der Waals surface area (Å²) in [6.45, 7) is 7.21. The summed E-state index contributed by atoms with van der Waals surface area (Å²) in [4.78, 5) is 0. The summed E-state index contributed by atoms with van der Waals surface area (Å²) in [5, 5.41) is 3.65. The molecule has 0 heterocycles. The predicted molar refractivity (Wildman–Crippen MR) is 65.1 cm³/mol. The van der Waals surface area contributed by atoms with Gasteiger partial charge in [0.1, 0.15) is 0 Å². The molecule has 1 saturated carbocycles. The van der Waals surface area contributed by atoms with Crippen molar-refractivity contribution in [2.24, 2.45) is 5.92 Å². The van der Waals surface area contributed by atoms with Crippen molar-refractivity contribution in [3.8, 4) is 0 Å². The van der Waals surface area contributed by atoms with Crippen molar-refractivity contribution in [1.82, 2.24) is 5.32 Å². The zero-order valence-corrected chi connectivity index (χ0v) is 10.4. The lowest BCUT2D eigenvalue weighted by Crippen LogP contribution is -2.36. The van der Waals surface area contributed by atoms with Gasteiger partial charge in [0.2, 0.25) is 0 Å². The van der Waals surface area contributed by atoms with Gasteiger partial charge in [-0.2, -0.15) is 0 Å². The number of hydrogen-bond donors (Lipinski definition) is 1. The molecule has 2 atom stereocenters. The summed E-state index contributed by atoms with van der Waals surface area (Å²) >= 11 is 0. The van der Waals surface area contributed by atoms with Gasteiger partial charge in [-0.1, -0.05) is 26.2 Å². The highest BCUT2D eigenvalue weighted by Gasteiger charge is 2.22. The molecule has 2 heteroatoms. The van der Waals surface area contributed by atoms with Crippen molar-refractivity contribution in [1.29, 1.82) is 0 Å². The molecule has 2 nitrogen and oxygen atoms in total. The van der Waals surface area contributed by atoms with Crippen LogP contribution in [-0.2, 0) is 4.74 Å². The number of nitrogens with one attached hydrogen (secondary N) is 1. The van der Waals surface area contributed by atoms with Crippen LogP contribution >= 0.6 is 0 Å². The smallest absolute Gasteiger partial charge is 0.0469 e. The summed E-state index contributed by atoms with van der Waals surface area (Å²) in [6.07, 6.45) is 8.25. The van der Waals surface area contributed by atoms with Gasteiger partial charge in [0.05, 0.1) is 0 Å². The van der Waals surface area contributed by atoms with Crippen LogP contribution in [0.2, 0.25) is 0 Å². The van der Waals surface area contributed by atoms with Crippen molar-refractivity contribution >= 4 is 0 Å². The average Bonchev–Trinajstić information content (AvgIpc) is 2.45. The molecule has 0 radical (unpaired) electrons. The van der Waals surface area contributed by atoms with Gasteiger partial charge in [-0.15, -0.1) is 0 Å². The topological polar surface area (TPSA) is 21.3 Å². The monoisotopic (exact) mass is 213 g/mol. The summed E-state index contributed by atoms with van der Waals surface area (Å²) in [6, 6.07) is 0.748. The highest BCUT2D eigenvalue weighted by molar-refractivity contribution is 4.79. The molecule has 1 N–H and O–H groups in total. The third kappa shape index (κ3) is 4.98. The molecule has 0 bridgehead atoms. The Labute approximate surface area is 94.8 Å². The molecule has 0 amide bonds. The van der Waals surface area contributed by atoms with E-state index in [-0.39, 0.29) is 0 Å². The Balaban J connectivity index is 2.32. The van der Waals surface area contributed by atoms with Crippen molar-refractivity contribution in [2.75, 3.05) is 19.8 Å². The lowest BCUT2D eigenvalue weighted by molar-refractivity contribution is 0.123. The van der Waals surface area contributed by atoms with Crippen molar-refractivity contribution in [3.05, 3.63) is 0 Å². The SMILES string of the molecule is CCNC1CCCCCC1CCOCC. The Hall–Kier alpha value is -0.0800. The first-order valence-corrected chi connectivity index (χ1v) is 6.69. The highest BCUT2D eigenvalue weighted by Crippen LogP contribution is 2.26. The molecule has 90 valence electrons. The molecule has 0 aromatic heterocycles. The van der Waals surface area contributed by atoms with Crippen LogP contribution in [0.3, 0.4) is 0 Å². The summed E-state index contributed by atoms with van der Waals surface area (Å²) in [7, 11) is 0. The molecule has 0 aliphatic heterocycles. The second kappa shape index (κ2) is 8.12. The van der Waals surface area contributed by atoms with Gasteiger partial charge in [-0.25, -0.2) is 0 Å². The molecule has 1 rings (SSSR count). The molecule has 15 heavy (non-hydrogen) atoms. The largest absolute Gasteiger partial charge is 0.382 e. The lowest BCUT2D eigenvalue weighted by Gasteiger charge is -2.25. The maximum absolute atomic E-state index is 5.48. The van der Waals surface area contributed by atoms with E-state index in [9.17, 15) is 0 Å². The minimum atomic E-state index is 0.748. The maximum Gasteiger partial charge on any atom is 0.0469 e. The van der Waals surface area contributed by atoms with Gasteiger partial charge in [-0.3, -0.25) is 0 Å². The quantitative estimate of drug-likeness (QED) is 0.541. The van der Waals surface area contributed by atoms with Gasteiger partial charge >= 0.3 is 0 Å². The van der Waals surface area contributed by atoms with E-state index in [2.05, 4.69) is 19.2 Å². The fourth-order valence-electron chi connectivity index (χ4n) is 2.64. The van der Waals surface area contributed by atoms with E-state index in [1.807, 2.05) is 0 Å². The Morgan fingerprint density at radius 2 is 1.93 bits per heavy atom. The average molecular weight is 213 g/mol. The molecule has 2 unspecified atom stereocenters. The van der Waals surface area contributed by atoms with Crippen molar-refractivity contribution in [2.45, 2.75) is 58.4 Å². The predicted octanol–water partition coefficient (Wildman–Crippen LogP) is 2.97. The third-order valence-corrected chi connectivity index (χ3v) is 3.46. The van der Waals surface area contributed by atoms with Gasteiger partial charge in [0.25, 0.3) is 0 Å². The molecule has 1 aliphatic rings. The standard InChI is InChI=1S/C13H27NO/c1-3-14-13-9-7-5-6-8-12(13)10-11-15-4-2/h12-14H,3-11H2,1-2H3. The Bertz CT molecular complexity index is 149. The zero-order chi connectivity index (χ0) is 10.9. The minimum Gasteiger partial charge on any atom is -0.382 e. The highest BCUT2D eigenvalue weighted by atomic mass is 16.5. The van der Waals surface area contributed by atoms with Crippen LogP contribution in [0.5, 0.6) is 0 Å². The van der Waals surface area contributed by atoms with E-state index in [0.717, 1.165) is 31.7 Å². The van der Waals surface area contributed by atoms with E-state index < -0.39 is 0 Å². The van der Waals surface area contributed by atoms with E-state index in [1.54, 1.807) is 0 Å². The van der Waals surface area contributed by atoms with E-state index in [1.165, 1.54) is 38.5 Å². The lowest BCUT2D eigenvalue weighted by atomic mass is 9.92. The summed E-state index contributed by atoms with van der Waals surface area (Å²) < 4.78 is 5.48.